The number of ether oxygens (including phenoxy) is 3. The van der Waals surface area contributed by atoms with Crippen molar-refractivity contribution in [1.82, 2.24) is 9.80 Å². The molecule has 8 nitrogen and oxygen atoms in total. The second-order valence-corrected chi connectivity index (χ2v) is 9.78. The number of carbonyl (C=O) groups excluding carboxylic acids is 2. The van der Waals surface area contributed by atoms with E-state index in [1.54, 1.807) is 6.92 Å². The van der Waals surface area contributed by atoms with Crippen LogP contribution in [0, 0.1) is 0 Å². The Kier molecular flexibility index (Phi) is 7.50. The molecule has 2 aromatic carbocycles. The molecule has 2 aliphatic rings. The van der Waals surface area contributed by atoms with Crippen LogP contribution in [0.4, 0.5) is 5.69 Å². The van der Waals surface area contributed by atoms with E-state index in [-0.39, 0.29) is 25.9 Å². The number of rotatable bonds is 8. The minimum absolute atomic E-state index is 0.137. The Bertz CT molecular complexity index is 1220. The zero-order chi connectivity index (χ0) is 24.9. The van der Waals surface area contributed by atoms with Gasteiger partial charge in [-0.05, 0) is 36.2 Å². The third kappa shape index (κ3) is 5.70. The van der Waals surface area contributed by atoms with E-state index in [4.69, 9.17) is 14.2 Å². The Morgan fingerprint density at radius 3 is 2.50 bits per heavy atom. The zero-order valence-corrected chi connectivity index (χ0v) is 21.0. The molecule has 188 valence electrons. The quantitative estimate of drug-likeness (QED) is 0.460. The molecule has 0 saturated carbocycles. The summed E-state index contributed by atoms with van der Waals surface area (Å²) < 4.78 is 16.1. The van der Waals surface area contributed by atoms with Gasteiger partial charge in [-0.2, -0.15) is 0 Å². The molecule has 0 spiro atoms. The van der Waals surface area contributed by atoms with Gasteiger partial charge in [0.1, 0.15) is 4.88 Å². The van der Waals surface area contributed by atoms with Crippen LogP contribution >= 0.6 is 11.3 Å². The highest BCUT2D eigenvalue weighted by molar-refractivity contribution is 7.18. The number of hydrogen-bond donors (Lipinski definition) is 1. The molecule has 0 bridgehead atoms. The van der Waals surface area contributed by atoms with Crippen molar-refractivity contribution in [2.75, 3.05) is 51.4 Å². The first-order valence-corrected chi connectivity index (χ1v) is 12.9. The number of anilines is 1. The first kappa shape index (κ1) is 24.3. The standard InChI is InChI=1S/C27H29N3O5S/c1-2-33-27(32)26-21(15-24(36-26)20-6-4-3-5-7-20)28-25(31)17-30-12-10-29(11-13-30)16-19-8-9-22-23(14-19)35-18-34-22/h3-9,14-15H,2,10-13,16-18H2,1H3,(H,28,31). The highest BCUT2D eigenvalue weighted by atomic mass is 32.1. The van der Waals surface area contributed by atoms with Crippen molar-refractivity contribution in [1.29, 1.82) is 0 Å². The third-order valence-corrected chi connectivity index (χ3v) is 7.36. The Hall–Kier alpha value is -3.40. The number of fused-ring (bicyclic) bond motifs is 1. The second-order valence-electron chi connectivity index (χ2n) is 8.73. The van der Waals surface area contributed by atoms with Crippen LogP contribution in [0.2, 0.25) is 0 Å². The van der Waals surface area contributed by atoms with Gasteiger partial charge < -0.3 is 19.5 Å². The first-order chi connectivity index (χ1) is 17.6. The molecule has 36 heavy (non-hydrogen) atoms. The number of nitrogens with one attached hydrogen (secondary N) is 1. The fraction of sp³-hybridized carbons (Fsp3) is 0.333. The lowest BCUT2D eigenvalue weighted by molar-refractivity contribution is -0.117. The van der Waals surface area contributed by atoms with Crippen LogP contribution in [0.15, 0.2) is 54.6 Å². The van der Waals surface area contributed by atoms with Crippen LogP contribution in [0.1, 0.15) is 22.2 Å². The Balaban J connectivity index is 1.17. The zero-order valence-electron chi connectivity index (χ0n) is 20.2. The van der Waals surface area contributed by atoms with Crippen LogP contribution in [0.25, 0.3) is 10.4 Å². The number of carbonyl (C=O) groups is 2. The summed E-state index contributed by atoms with van der Waals surface area (Å²) in [6, 6.07) is 17.7. The molecule has 0 aliphatic carbocycles. The van der Waals surface area contributed by atoms with Crippen molar-refractivity contribution >= 4 is 28.9 Å². The molecule has 3 aromatic rings. The average molecular weight is 508 g/mol. The summed E-state index contributed by atoms with van der Waals surface area (Å²) >= 11 is 1.33. The maximum Gasteiger partial charge on any atom is 0.350 e. The fourth-order valence-electron chi connectivity index (χ4n) is 4.37. The maximum absolute atomic E-state index is 12.9. The Morgan fingerprint density at radius 1 is 0.972 bits per heavy atom. The molecule has 9 heteroatoms. The van der Waals surface area contributed by atoms with Gasteiger partial charge in [-0.1, -0.05) is 36.4 Å². The molecule has 0 radical (unpaired) electrons. The Labute approximate surface area is 214 Å². The molecule has 5 rings (SSSR count). The fourth-order valence-corrected chi connectivity index (χ4v) is 5.39. The summed E-state index contributed by atoms with van der Waals surface area (Å²) in [6.45, 7) is 6.75. The van der Waals surface area contributed by atoms with Crippen LogP contribution in [0.3, 0.4) is 0 Å². The second kappa shape index (κ2) is 11.1. The van der Waals surface area contributed by atoms with Gasteiger partial charge in [-0.3, -0.25) is 14.6 Å². The van der Waals surface area contributed by atoms with Crippen molar-refractivity contribution in [3.8, 4) is 21.9 Å². The molecule has 2 aliphatic heterocycles. The minimum atomic E-state index is -0.419. The first-order valence-electron chi connectivity index (χ1n) is 12.1. The number of esters is 1. The maximum atomic E-state index is 12.9. The SMILES string of the molecule is CCOC(=O)c1sc(-c2ccccc2)cc1NC(=O)CN1CCN(Cc2ccc3c(c2)OCO3)CC1. The smallest absolute Gasteiger partial charge is 0.350 e. The lowest BCUT2D eigenvalue weighted by Gasteiger charge is -2.34. The van der Waals surface area contributed by atoms with E-state index in [9.17, 15) is 9.59 Å². The average Bonchev–Trinajstić information content (AvgIpc) is 3.53. The molecule has 0 unspecified atom stereocenters. The van der Waals surface area contributed by atoms with E-state index >= 15 is 0 Å². The Morgan fingerprint density at radius 2 is 1.72 bits per heavy atom. The van der Waals surface area contributed by atoms with Gasteiger partial charge in [-0.25, -0.2) is 4.79 Å². The lowest BCUT2D eigenvalue weighted by Crippen LogP contribution is -2.48. The summed E-state index contributed by atoms with van der Waals surface area (Å²) in [5.74, 6) is 1.04. The van der Waals surface area contributed by atoms with E-state index in [2.05, 4.69) is 21.2 Å². The normalized spacial score (nSPS) is 15.6. The van der Waals surface area contributed by atoms with Crippen molar-refractivity contribution in [2.45, 2.75) is 13.5 Å². The highest BCUT2D eigenvalue weighted by Crippen LogP contribution is 2.35. The van der Waals surface area contributed by atoms with Gasteiger partial charge in [0.05, 0.1) is 18.8 Å². The molecule has 1 N–H and O–H groups in total. The summed E-state index contributed by atoms with van der Waals surface area (Å²) in [4.78, 5) is 31.3. The minimum Gasteiger partial charge on any atom is -0.462 e. The molecular formula is C27H29N3O5S. The van der Waals surface area contributed by atoms with E-state index in [0.29, 0.717) is 10.6 Å². The van der Waals surface area contributed by atoms with Crippen molar-refractivity contribution in [2.24, 2.45) is 0 Å². The monoisotopic (exact) mass is 507 g/mol. The van der Waals surface area contributed by atoms with Gasteiger partial charge >= 0.3 is 5.97 Å². The van der Waals surface area contributed by atoms with Crippen molar-refractivity contribution in [3.63, 3.8) is 0 Å². The predicted octanol–water partition coefficient (Wildman–Crippen LogP) is 4.08. The van der Waals surface area contributed by atoms with Gasteiger partial charge in [0.25, 0.3) is 0 Å². The van der Waals surface area contributed by atoms with Gasteiger partial charge in [0.15, 0.2) is 11.5 Å². The van der Waals surface area contributed by atoms with E-state index in [0.717, 1.165) is 54.7 Å². The molecule has 1 saturated heterocycles. The number of thiophene rings is 1. The highest BCUT2D eigenvalue weighted by Gasteiger charge is 2.23. The molecule has 1 amide bonds. The van der Waals surface area contributed by atoms with Gasteiger partial charge in [0.2, 0.25) is 12.7 Å². The van der Waals surface area contributed by atoms with E-state index in [1.807, 2.05) is 48.5 Å². The van der Waals surface area contributed by atoms with Crippen LogP contribution in [0.5, 0.6) is 11.5 Å². The molecular weight excluding hydrogens is 478 g/mol. The summed E-state index contributed by atoms with van der Waals surface area (Å²) in [6.07, 6.45) is 0. The lowest BCUT2D eigenvalue weighted by atomic mass is 10.1. The number of amides is 1. The topological polar surface area (TPSA) is 80.3 Å². The van der Waals surface area contributed by atoms with Crippen LogP contribution in [-0.2, 0) is 16.1 Å². The number of piperazine rings is 1. The van der Waals surface area contributed by atoms with Gasteiger partial charge in [0, 0.05) is 37.6 Å². The van der Waals surface area contributed by atoms with Crippen LogP contribution < -0.4 is 14.8 Å². The van der Waals surface area contributed by atoms with Crippen LogP contribution in [-0.4, -0.2) is 67.8 Å². The van der Waals surface area contributed by atoms with E-state index < -0.39 is 5.97 Å². The van der Waals surface area contributed by atoms with E-state index in [1.165, 1.54) is 16.9 Å². The van der Waals surface area contributed by atoms with Crippen molar-refractivity contribution < 1.29 is 23.8 Å². The van der Waals surface area contributed by atoms with Gasteiger partial charge in [-0.15, -0.1) is 11.3 Å². The summed E-state index contributed by atoms with van der Waals surface area (Å²) in [7, 11) is 0. The predicted molar refractivity (Wildman–Crippen MR) is 139 cm³/mol. The largest absolute Gasteiger partial charge is 0.462 e. The number of benzene rings is 2. The van der Waals surface area contributed by atoms with Crippen molar-refractivity contribution in [3.05, 3.63) is 65.0 Å². The molecule has 0 atom stereocenters. The molecule has 1 fully saturated rings. The molecule has 1 aromatic heterocycles. The molecule has 3 heterocycles. The third-order valence-electron chi connectivity index (χ3n) is 6.20. The number of hydrogen-bond acceptors (Lipinski definition) is 8. The number of nitrogens with zero attached hydrogens (tertiary/aromatic N) is 2. The summed E-state index contributed by atoms with van der Waals surface area (Å²) in [5.41, 5.74) is 2.68. The summed E-state index contributed by atoms with van der Waals surface area (Å²) in [5, 5.41) is 2.95.